The minimum Gasteiger partial charge on any atom is -0.477 e. The molecule has 2 N–H and O–H groups in total. The van der Waals surface area contributed by atoms with Crippen LogP contribution in [0.5, 0.6) is 0 Å². The molecule has 0 aliphatic carbocycles. The quantitative estimate of drug-likeness (QED) is 0.648. The van der Waals surface area contributed by atoms with Crippen molar-refractivity contribution in [2.75, 3.05) is 5.32 Å². The van der Waals surface area contributed by atoms with Gasteiger partial charge in [0.05, 0.1) is 4.92 Å². The SMILES string of the molecule is O=C(O)c1ccc(NCc2ccsc2)cc1[N+](=O)[O-]. The van der Waals surface area contributed by atoms with Gasteiger partial charge in [-0.15, -0.1) is 0 Å². The summed E-state index contributed by atoms with van der Waals surface area (Å²) < 4.78 is 0. The number of thiophene rings is 1. The number of hydrogen-bond donors (Lipinski definition) is 2. The van der Waals surface area contributed by atoms with Crippen LogP contribution in [0.4, 0.5) is 11.4 Å². The van der Waals surface area contributed by atoms with Crippen LogP contribution in [0, 0.1) is 10.1 Å². The lowest BCUT2D eigenvalue weighted by Crippen LogP contribution is -2.04. The van der Waals surface area contributed by atoms with E-state index in [9.17, 15) is 14.9 Å². The number of carboxylic acid groups (broad SMARTS) is 1. The number of nitrogens with one attached hydrogen (secondary N) is 1. The number of anilines is 1. The summed E-state index contributed by atoms with van der Waals surface area (Å²) in [6.45, 7) is 0.535. The molecular weight excluding hydrogens is 268 g/mol. The van der Waals surface area contributed by atoms with E-state index in [2.05, 4.69) is 5.32 Å². The van der Waals surface area contributed by atoms with Crippen molar-refractivity contribution in [3.8, 4) is 0 Å². The van der Waals surface area contributed by atoms with Gasteiger partial charge in [0.2, 0.25) is 0 Å². The maximum absolute atomic E-state index is 10.9. The summed E-state index contributed by atoms with van der Waals surface area (Å²) in [4.78, 5) is 21.0. The second-order valence-corrected chi connectivity index (χ2v) is 4.56. The number of carbonyl (C=O) groups is 1. The smallest absolute Gasteiger partial charge is 0.342 e. The van der Waals surface area contributed by atoms with Gasteiger partial charge < -0.3 is 10.4 Å². The Hall–Kier alpha value is -2.41. The van der Waals surface area contributed by atoms with Crippen LogP contribution >= 0.6 is 11.3 Å². The second-order valence-electron chi connectivity index (χ2n) is 3.78. The van der Waals surface area contributed by atoms with Gasteiger partial charge >= 0.3 is 5.97 Å². The number of rotatable bonds is 5. The van der Waals surface area contributed by atoms with Gasteiger partial charge in [-0.05, 0) is 34.5 Å². The molecule has 1 aromatic carbocycles. The molecule has 0 radical (unpaired) electrons. The number of nitro benzene ring substituents is 1. The molecule has 0 spiro atoms. The number of nitro groups is 1. The van der Waals surface area contributed by atoms with E-state index >= 15 is 0 Å². The average Bonchev–Trinajstić information content (AvgIpc) is 2.88. The van der Waals surface area contributed by atoms with Gasteiger partial charge in [0.25, 0.3) is 5.69 Å². The highest BCUT2D eigenvalue weighted by Crippen LogP contribution is 2.23. The molecule has 0 aliphatic heterocycles. The van der Waals surface area contributed by atoms with Crippen molar-refractivity contribution < 1.29 is 14.8 Å². The Balaban J connectivity index is 2.20. The molecule has 0 bridgehead atoms. The summed E-state index contributed by atoms with van der Waals surface area (Å²) in [5, 5.41) is 26.6. The molecule has 0 unspecified atom stereocenters. The molecule has 0 atom stereocenters. The Labute approximate surface area is 112 Å². The van der Waals surface area contributed by atoms with Gasteiger partial charge in [0.15, 0.2) is 0 Å². The Bertz CT molecular complexity index is 610. The molecule has 0 fully saturated rings. The first-order valence-electron chi connectivity index (χ1n) is 5.34. The Kier molecular flexibility index (Phi) is 3.76. The van der Waals surface area contributed by atoms with Crippen LogP contribution < -0.4 is 5.32 Å². The summed E-state index contributed by atoms with van der Waals surface area (Å²) in [6, 6.07) is 5.92. The topological polar surface area (TPSA) is 92.5 Å². The van der Waals surface area contributed by atoms with Crippen LogP contribution in [0.3, 0.4) is 0 Å². The fourth-order valence-corrected chi connectivity index (χ4v) is 2.24. The average molecular weight is 278 g/mol. The van der Waals surface area contributed by atoms with Crippen molar-refractivity contribution in [2.45, 2.75) is 6.54 Å². The summed E-state index contributed by atoms with van der Waals surface area (Å²) in [5.41, 5.74) is 0.853. The molecule has 2 aromatic rings. The summed E-state index contributed by atoms with van der Waals surface area (Å²) in [7, 11) is 0. The number of nitrogens with zero attached hydrogens (tertiary/aromatic N) is 1. The third kappa shape index (κ3) is 3.08. The van der Waals surface area contributed by atoms with Crippen molar-refractivity contribution in [1.82, 2.24) is 0 Å². The molecule has 98 valence electrons. The van der Waals surface area contributed by atoms with E-state index < -0.39 is 16.6 Å². The van der Waals surface area contributed by atoms with Gasteiger partial charge in [0.1, 0.15) is 5.56 Å². The summed E-state index contributed by atoms with van der Waals surface area (Å²) in [6.07, 6.45) is 0. The first kappa shape index (κ1) is 13.0. The lowest BCUT2D eigenvalue weighted by atomic mass is 10.1. The zero-order valence-electron chi connectivity index (χ0n) is 9.70. The summed E-state index contributed by atoms with van der Waals surface area (Å²) in [5.74, 6) is -1.31. The molecule has 0 saturated heterocycles. The maximum Gasteiger partial charge on any atom is 0.342 e. The lowest BCUT2D eigenvalue weighted by Gasteiger charge is -2.06. The van der Waals surface area contributed by atoms with Crippen molar-refractivity contribution in [2.24, 2.45) is 0 Å². The van der Waals surface area contributed by atoms with Crippen molar-refractivity contribution in [3.05, 3.63) is 56.3 Å². The Morgan fingerprint density at radius 2 is 2.21 bits per heavy atom. The zero-order chi connectivity index (χ0) is 13.8. The molecular formula is C12H10N2O4S. The van der Waals surface area contributed by atoms with Gasteiger partial charge in [-0.2, -0.15) is 11.3 Å². The first-order valence-corrected chi connectivity index (χ1v) is 6.29. The van der Waals surface area contributed by atoms with E-state index in [0.29, 0.717) is 12.2 Å². The second kappa shape index (κ2) is 5.49. The molecule has 19 heavy (non-hydrogen) atoms. The number of benzene rings is 1. The zero-order valence-corrected chi connectivity index (χ0v) is 10.5. The molecule has 2 rings (SSSR count). The van der Waals surface area contributed by atoms with Gasteiger partial charge in [-0.25, -0.2) is 4.79 Å². The maximum atomic E-state index is 10.9. The molecule has 0 saturated carbocycles. The van der Waals surface area contributed by atoms with E-state index in [0.717, 1.165) is 5.56 Å². The predicted molar refractivity (Wildman–Crippen MR) is 71.7 cm³/mol. The fourth-order valence-electron chi connectivity index (χ4n) is 1.57. The summed E-state index contributed by atoms with van der Waals surface area (Å²) >= 11 is 1.56. The highest BCUT2D eigenvalue weighted by atomic mass is 32.1. The van der Waals surface area contributed by atoms with E-state index in [1.54, 1.807) is 11.3 Å². The van der Waals surface area contributed by atoms with Crippen molar-refractivity contribution in [1.29, 1.82) is 0 Å². The minimum absolute atomic E-state index is 0.314. The number of aromatic carboxylic acids is 1. The lowest BCUT2D eigenvalue weighted by molar-refractivity contribution is -0.385. The van der Waals surface area contributed by atoms with Crippen molar-refractivity contribution in [3.63, 3.8) is 0 Å². The van der Waals surface area contributed by atoms with Gasteiger partial charge in [0, 0.05) is 18.3 Å². The number of carboxylic acids is 1. The van der Waals surface area contributed by atoms with Crippen LogP contribution in [-0.4, -0.2) is 16.0 Å². The standard InChI is InChI=1S/C12H10N2O4S/c15-12(16)10-2-1-9(5-11(10)14(17)18)13-6-8-3-4-19-7-8/h1-5,7,13H,6H2,(H,15,16). The molecule has 0 aliphatic rings. The van der Waals surface area contributed by atoms with Gasteiger partial charge in [-0.3, -0.25) is 10.1 Å². The van der Waals surface area contributed by atoms with Crippen LogP contribution in [0.1, 0.15) is 15.9 Å². The highest BCUT2D eigenvalue weighted by Gasteiger charge is 2.19. The van der Waals surface area contributed by atoms with Crippen molar-refractivity contribution >= 4 is 28.7 Å². The van der Waals surface area contributed by atoms with Crippen LogP contribution in [0.25, 0.3) is 0 Å². The van der Waals surface area contributed by atoms with E-state index in [4.69, 9.17) is 5.11 Å². The third-order valence-electron chi connectivity index (χ3n) is 2.50. The monoisotopic (exact) mass is 278 g/mol. The molecule has 1 aromatic heterocycles. The molecule has 1 heterocycles. The Morgan fingerprint density at radius 1 is 1.42 bits per heavy atom. The fraction of sp³-hybridized carbons (Fsp3) is 0.0833. The third-order valence-corrected chi connectivity index (χ3v) is 3.23. The van der Waals surface area contributed by atoms with Crippen LogP contribution in [0.15, 0.2) is 35.0 Å². The predicted octanol–water partition coefficient (Wildman–Crippen LogP) is 2.97. The van der Waals surface area contributed by atoms with Crippen LogP contribution in [-0.2, 0) is 6.54 Å². The highest BCUT2D eigenvalue weighted by molar-refractivity contribution is 7.07. The minimum atomic E-state index is -1.31. The Morgan fingerprint density at radius 3 is 2.79 bits per heavy atom. The van der Waals surface area contributed by atoms with Crippen LogP contribution in [0.2, 0.25) is 0 Å². The van der Waals surface area contributed by atoms with E-state index in [-0.39, 0.29) is 5.56 Å². The number of hydrogen-bond acceptors (Lipinski definition) is 5. The van der Waals surface area contributed by atoms with Gasteiger partial charge in [-0.1, -0.05) is 0 Å². The normalized spacial score (nSPS) is 10.1. The first-order chi connectivity index (χ1) is 9.08. The largest absolute Gasteiger partial charge is 0.477 e. The molecule has 0 amide bonds. The van der Waals surface area contributed by atoms with E-state index in [1.807, 2.05) is 16.8 Å². The molecule has 6 nitrogen and oxygen atoms in total. The van der Waals surface area contributed by atoms with E-state index in [1.165, 1.54) is 18.2 Å². The molecule has 7 heteroatoms.